The number of methoxy groups -OCH3 is 1. The van der Waals surface area contributed by atoms with Crippen molar-refractivity contribution in [3.63, 3.8) is 0 Å². The van der Waals surface area contributed by atoms with Crippen molar-refractivity contribution in [1.29, 1.82) is 0 Å². The predicted octanol–water partition coefficient (Wildman–Crippen LogP) is 5.67. The lowest BCUT2D eigenvalue weighted by atomic mass is 10.2. The van der Waals surface area contributed by atoms with Crippen molar-refractivity contribution in [3.8, 4) is 11.5 Å². The molecule has 2 aromatic carbocycles. The molecular formula is C25H25N3O3S. The maximum Gasteiger partial charge on any atom is 0.255 e. The molecule has 0 unspecified atom stereocenters. The molecule has 32 heavy (non-hydrogen) atoms. The number of amides is 1. The van der Waals surface area contributed by atoms with E-state index in [1.54, 1.807) is 37.1 Å². The SMILES string of the molecule is COc1ccc(NC(=O)c2ccc(SC(C)C)cc2)cc1OCc1cn2ccccc2n1. The fraction of sp³-hybridized carbons (Fsp3) is 0.200. The lowest BCUT2D eigenvalue weighted by Gasteiger charge is -2.12. The molecular weight excluding hydrogens is 422 g/mol. The second-order valence-electron chi connectivity index (χ2n) is 7.50. The Morgan fingerprint density at radius 1 is 1.09 bits per heavy atom. The number of carbonyl (C=O) groups is 1. The first-order valence-electron chi connectivity index (χ1n) is 10.3. The summed E-state index contributed by atoms with van der Waals surface area (Å²) in [7, 11) is 1.59. The van der Waals surface area contributed by atoms with E-state index in [4.69, 9.17) is 9.47 Å². The summed E-state index contributed by atoms with van der Waals surface area (Å²) in [4.78, 5) is 18.4. The fourth-order valence-corrected chi connectivity index (χ4v) is 4.07. The number of ether oxygens (including phenoxy) is 2. The number of pyridine rings is 1. The van der Waals surface area contributed by atoms with Crippen LogP contribution in [-0.2, 0) is 6.61 Å². The minimum absolute atomic E-state index is 0.178. The van der Waals surface area contributed by atoms with E-state index < -0.39 is 0 Å². The molecule has 0 spiro atoms. The Labute approximate surface area is 191 Å². The molecule has 6 nitrogen and oxygen atoms in total. The van der Waals surface area contributed by atoms with Gasteiger partial charge in [-0.3, -0.25) is 4.79 Å². The van der Waals surface area contributed by atoms with E-state index in [9.17, 15) is 4.79 Å². The summed E-state index contributed by atoms with van der Waals surface area (Å²) in [5.74, 6) is 0.940. The molecule has 0 bridgehead atoms. The summed E-state index contributed by atoms with van der Waals surface area (Å²) >= 11 is 1.76. The number of fused-ring (bicyclic) bond motifs is 1. The highest BCUT2D eigenvalue weighted by molar-refractivity contribution is 7.99. The van der Waals surface area contributed by atoms with Crippen molar-refractivity contribution >= 4 is 29.0 Å². The van der Waals surface area contributed by atoms with Crippen LogP contribution in [0.1, 0.15) is 29.9 Å². The first-order chi connectivity index (χ1) is 15.5. The van der Waals surface area contributed by atoms with Gasteiger partial charge in [-0.2, -0.15) is 0 Å². The van der Waals surface area contributed by atoms with Crippen LogP contribution in [0.2, 0.25) is 0 Å². The van der Waals surface area contributed by atoms with Crippen LogP contribution in [0.25, 0.3) is 5.65 Å². The van der Waals surface area contributed by atoms with Crippen LogP contribution in [0, 0.1) is 0 Å². The average Bonchev–Trinajstić information content (AvgIpc) is 3.21. The van der Waals surface area contributed by atoms with Gasteiger partial charge in [-0.25, -0.2) is 4.98 Å². The van der Waals surface area contributed by atoms with E-state index in [2.05, 4.69) is 24.1 Å². The number of imidazole rings is 1. The lowest BCUT2D eigenvalue weighted by Crippen LogP contribution is -2.12. The first kappa shape index (κ1) is 21.8. The number of rotatable bonds is 8. The molecule has 0 atom stereocenters. The van der Waals surface area contributed by atoms with Crippen LogP contribution in [0.5, 0.6) is 11.5 Å². The van der Waals surface area contributed by atoms with Crippen LogP contribution < -0.4 is 14.8 Å². The Morgan fingerprint density at radius 2 is 1.91 bits per heavy atom. The molecule has 0 saturated carbocycles. The van der Waals surface area contributed by atoms with E-state index in [0.29, 0.717) is 28.0 Å². The Kier molecular flexibility index (Phi) is 6.66. The molecule has 0 radical (unpaired) electrons. The lowest BCUT2D eigenvalue weighted by molar-refractivity contribution is 0.102. The number of aromatic nitrogens is 2. The third kappa shape index (κ3) is 5.23. The minimum atomic E-state index is -0.178. The summed E-state index contributed by atoms with van der Waals surface area (Å²) in [6.07, 6.45) is 3.87. The van der Waals surface area contributed by atoms with E-state index in [1.807, 2.05) is 59.3 Å². The van der Waals surface area contributed by atoms with Crippen LogP contribution in [0.4, 0.5) is 5.69 Å². The van der Waals surface area contributed by atoms with Crippen molar-refractivity contribution in [2.75, 3.05) is 12.4 Å². The fourth-order valence-electron chi connectivity index (χ4n) is 3.24. The van der Waals surface area contributed by atoms with Crippen LogP contribution in [0.15, 0.2) is 78.0 Å². The smallest absolute Gasteiger partial charge is 0.255 e. The molecule has 0 aliphatic heterocycles. The largest absolute Gasteiger partial charge is 0.493 e. The highest BCUT2D eigenvalue weighted by Gasteiger charge is 2.11. The highest BCUT2D eigenvalue weighted by Crippen LogP contribution is 2.31. The summed E-state index contributed by atoms with van der Waals surface area (Å²) < 4.78 is 13.3. The summed E-state index contributed by atoms with van der Waals surface area (Å²) in [5, 5.41) is 3.42. The number of thioether (sulfide) groups is 1. The third-order valence-electron chi connectivity index (χ3n) is 4.70. The maximum atomic E-state index is 12.7. The second kappa shape index (κ2) is 9.78. The monoisotopic (exact) mass is 447 g/mol. The number of hydrogen-bond acceptors (Lipinski definition) is 5. The van der Waals surface area contributed by atoms with E-state index >= 15 is 0 Å². The topological polar surface area (TPSA) is 64.9 Å². The molecule has 4 rings (SSSR count). The number of benzene rings is 2. The summed E-state index contributed by atoms with van der Waals surface area (Å²) in [6.45, 7) is 4.57. The Balaban J connectivity index is 1.45. The van der Waals surface area contributed by atoms with Gasteiger partial charge in [0.05, 0.1) is 12.8 Å². The van der Waals surface area contributed by atoms with Gasteiger partial charge < -0.3 is 19.2 Å². The molecule has 1 N–H and O–H groups in total. The van der Waals surface area contributed by atoms with Crippen LogP contribution >= 0.6 is 11.8 Å². The Bertz CT molecular complexity index is 1190. The summed E-state index contributed by atoms with van der Waals surface area (Å²) in [6, 6.07) is 18.8. The molecule has 0 fully saturated rings. The zero-order valence-electron chi connectivity index (χ0n) is 18.2. The number of nitrogens with one attached hydrogen (secondary N) is 1. The van der Waals surface area contributed by atoms with Crippen LogP contribution in [0.3, 0.4) is 0 Å². The number of nitrogens with zero attached hydrogens (tertiary/aromatic N) is 2. The number of anilines is 1. The van der Waals surface area contributed by atoms with Crippen molar-refractivity contribution in [3.05, 3.63) is 84.3 Å². The van der Waals surface area contributed by atoms with E-state index in [-0.39, 0.29) is 12.5 Å². The Morgan fingerprint density at radius 3 is 2.62 bits per heavy atom. The third-order valence-corrected chi connectivity index (χ3v) is 5.71. The van der Waals surface area contributed by atoms with Gasteiger partial charge in [-0.05, 0) is 48.5 Å². The number of hydrogen-bond donors (Lipinski definition) is 1. The van der Waals surface area contributed by atoms with Gasteiger partial charge in [0.15, 0.2) is 11.5 Å². The molecule has 2 heterocycles. The van der Waals surface area contributed by atoms with Gasteiger partial charge in [0.2, 0.25) is 0 Å². The first-order valence-corrected chi connectivity index (χ1v) is 11.2. The molecule has 1 amide bonds. The predicted molar refractivity (Wildman–Crippen MR) is 128 cm³/mol. The zero-order chi connectivity index (χ0) is 22.5. The van der Waals surface area contributed by atoms with Crippen molar-refractivity contribution in [2.24, 2.45) is 0 Å². The molecule has 7 heteroatoms. The molecule has 0 aliphatic rings. The molecule has 4 aromatic rings. The minimum Gasteiger partial charge on any atom is -0.493 e. The normalized spacial score (nSPS) is 11.0. The Hall–Kier alpha value is -3.45. The zero-order valence-corrected chi connectivity index (χ0v) is 19.1. The van der Waals surface area contributed by atoms with Gasteiger partial charge in [0.1, 0.15) is 12.3 Å². The van der Waals surface area contributed by atoms with Crippen LogP contribution in [-0.4, -0.2) is 27.7 Å². The van der Waals surface area contributed by atoms with Gasteiger partial charge >= 0.3 is 0 Å². The van der Waals surface area contributed by atoms with Crippen molar-refractivity contribution in [2.45, 2.75) is 30.6 Å². The van der Waals surface area contributed by atoms with Crippen molar-refractivity contribution in [1.82, 2.24) is 9.38 Å². The molecule has 164 valence electrons. The van der Waals surface area contributed by atoms with E-state index in [1.165, 1.54) is 0 Å². The van der Waals surface area contributed by atoms with Gasteiger partial charge in [-0.15, -0.1) is 11.8 Å². The van der Waals surface area contributed by atoms with Gasteiger partial charge in [-0.1, -0.05) is 19.9 Å². The molecule has 0 saturated heterocycles. The summed E-state index contributed by atoms with van der Waals surface area (Å²) in [5.41, 5.74) is 2.88. The van der Waals surface area contributed by atoms with Crippen molar-refractivity contribution < 1.29 is 14.3 Å². The second-order valence-corrected chi connectivity index (χ2v) is 9.15. The number of carbonyl (C=O) groups excluding carboxylic acids is 1. The molecule has 0 aliphatic carbocycles. The molecule has 2 aromatic heterocycles. The maximum absolute atomic E-state index is 12.7. The van der Waals surface area contributed by atoms with Gasteiger partial charge in [0.25, 0.3) is 5.91 Å². The van der Waals surface area contributed by atoms with E-state index in [0.717, 1.165) is 16.2 Å². The highest BCUT2D eigenvalue weighted by atomic mass is 32.2. The average molecular weight is 448 g/mol. The standard InChI is InChI=1S/C25H25N3O3S/c1-17(2)32-21-10-7-18(8-11-21)25(29)27-19-9-12-22(30-3)23(14-19)31-16-20-15-28-13-5-4-6-24(28)26-20/h4-15,17H,16H2,1-3H3,(H,27,29). The van der Waals surface area contributed by atoms with Gasteiger partial charge in [0, 0.05) is 39.9 Å². The quantitative estimate of drug-likeness (QED) is 0.352.